The van der Waals surface area contributed by atoms with Crippen LogP contribution >= 0.6 is 0 Å². The van der Waals surface area contributed by atoms with E-state index in [1.54, 1.807) is 18.1 Å². The molecule has 0 radical (unpaired) electrons. The number of anilines is 1. The van der Waals surface area contributed by atoms with E-state index in [1.165, 1.54) is 0 Å². The highest BCUT2D eigenvalue weighted by atomic mass is 16.5. The first-order chi connectivity index (χ1) is 11.6. The molecule has 132 valence electrons. The lowest BCUT2D eigenvalue weighted by molar-refractivity contribution is 0.0210. The van der Waals surface area contributed by atoms with Crippen molar-refractivity contribution in [3.63, 3.8) is 0 Å². The van der Waals surface area contributed by atoms with Crippen molar-refractivity contribution in [2.75, 3.05) is 31.7 Å². The summed E-state index contributed by atoms with van der Waals surface area (Å²) in [6, 6.07) is 0. The molecule has 0 unspecified atom stereocenters. The maximum absolute atomic E-state index is 5.93. The molecule has 9 heteroatoms. The number of hydrogen-bond donors (Lipinski definition) is 0. The molecule has 0 N–H and O–H groups in total. The highest BCUT2D eigenvalue weighted by molar-refractivity contribution is 5.48. The average molecular weight is 335 g/mol. The van der Waals surface area contributed by atoms with Gasteiger partial charge in [-0.3, -0.25) is 9.25 Å². The first-order valence-corrected chi connectivity index (χ1v) is 8.27. The summed E-state index contributed by atoms with van der Waals surface area (Å²) in [7, 11) is 3.52. The fourth-order valence-corrected chi connectivity index (χ4v) is 2.95. The molecule has 0 spiro atoms. The van der Waals surface area contributed by atoms with E-state index in [0.29, 0.717) is 24.8 Å². The van der Waals surface area contributed by atoms with Gasteiger partial charge in [-0.2, -0.15) is 0 Å². The van der Waals surface area contributed by atoms with E-state index in [4.69, 9.17) is 9.47 Å². The first kappa shape index (κ1) is 16.8. The van der Waals surface area contributed by atoms with Crippen molar-refractivity contribution >= 4 is 5.95 Å². The average Bonchev–Trinajstić information content (AvgIpc) is 3.10. The molecule has 0 aliphatic carbocycles. The number of aryl methyl sites for hydroxylation is 1. The van der Waals surface area contributed by atoms with Crippen LogP contribution in [-0.4, -0.2) is 68.5 Å². The van der Waals surface area contributed by atoms with Crippen LogP contribution in [0.25, 0.3) is 11.6 Å². The zero-order valence-electron chi connectivity index (χ0n) is 14.7. The molecule has 0 saturated carbocycles. The van der Waals surface area contributed by atoms with Crippen LogP contribution in [0.15, 0.2) is 6.33 Å². The fraction of sp³-hybridized carbons (Fsp3) is 0.733. The van der Waals surface area contributed by atoms with E-state index in [9.17, 15) is 0 Å². The standard InChI is InChI=1S/C15H25N7O2/c1-11-5-6-21(9-12(2)24-11)15-18-17-14(22(15)7-8-23-4)13-16-10-20(3)19-13/h10-12H,5-9H2,1-4H3/t11-,12+/m1/s1. The van der Waals surface area contributed by atoms with Gasteiger partial charge in [-0.05, 0) is 20.3 Å². The van der Waals surface area contributed by atoms with Crippen LogP contribution < -0.4 is 4.90 Å². The van der Waals surface area contributed by atoms with Crippen LogP contribution in [-0.2, 0) is 23.1 Å². The molecule has 24 heavy (non-hydrogen) atoms. The second kappa shape index (κ2) is 7.27. The lowest BCUT2D eigenvalue weighted by atomic mass is 10.3. The largest absolute Gasteiger partial charge is 0.383 e. The Hall–Kier alpha value is -2.00. The van der Waals surface area contributed by atoms with E-state index in [0.717, 1.165) is 25.5 Å². The molecule has 1 aliphatic heterocycles. The number of hydrogen-bond acceptors (Lipinski definition) is 7. The van der Waals surface area contributed by atoms with Crippen LogP contribution in [0.5, 0.6) is 0 Å². The smallest absolute Gasteiger partial charge is 0.227 e. The van der Waals surface area contributed by atoms with Crippen molar-refractivity contribution in [1.29, 1.82) is 0 Å². The second-order valence-electron chi connectivity index (χ2n) is 6.20. The van der Waals surface area contributed by atoms with Gasteiger partial charge >= 0.3 is 0 Å². The van der Waals surface area contributed by atoms with E-state index in [1.807, 2.05) is 11.6 Å². The van der Waals surface area contributed by atoms with Gasteiger partial charge in [0.25, 0.3) is 0 Å². The number of rotatable bonds is 5. The molecule has 0 aromatic carbocycles. The second-order valence-corrected chi connectivity index (χ2v) is 6.20. The lowest BCUT2D eigenvalue weighted by Crippen LogP contribution is -2.32. The Morgan fingerprint density at radius 1 is 1.29 bits per heavy atom. The normalized spacial score (nSPS) is 21.9. The van der Waals surface area contributed by atoms with Crippen molar-refractivity contribution in [2.24, 2.45) is 7.05 Å². The van der Waals surface area contributed by atoms with Crippen molar-refractivity contribution in [3.05, 3.63) is 6.33 Å². The first-order valence-electron chi connectivity index (χ1n) is 8.27. The number of aromatic nitrogens is 6. The fourth-order valence-electron chi connectivity index (χ4n) is 2.95. The van der Waals surface area contributed by atoms with Crippen LogP contribution in [0, 0.1) is 0 Å². The van der Waals surface area contributed by atoms with Gasteiger partial charge in [0, 0.05) is 27.2 Å². The molecule has 1 aliphatic rings. The number of methoxy groups -OCH3 is 1. The topological polar surface area (TPSA) is 83.1 Å². The zero-order valence-corrected chi connectivity index (χ0v) is 14.7. The molecule has 2 aromatic heterocycles. The summed E-state index contributed by atoms with van der Waals surface area (Å²) in [5.74, 6) is 2.05. The molecule has 2 aromatic rings. The van der Waals surface area contributed by atoms with Gasteiger partial charge in [-0.1, -0.05) is 0 Å². The summed E-state index contributed by atoms with van der Waals surface area (Å²) in [6.07, 6.45) is 3.01. The SMILES string of the molecule is COCCn1c(-c2ncn(C)n2)nnc1N1CC[C@@H](C)O[C@@H](C)C1. The molecule has 0 bridgehead atoms. The third-order valence-electron chi connectivity index (χ3n) is 4.08. The quantitative estimate of drug-likeness (QED) is 0.796. The van der Waals surface area contributed by atoms with Crippen LogP contribution in [0.2, 0.25) is 0 Å². The molecular weight excluding hydrogens is 310 g/mol. The summed E-state index contributed by atoms with van der Waals surface area (Å²) in [5, 5.41) is 13.1. The predicted octanol–water partition coefficient (Wildman–Crippen LogP) is 0.724. The molecule has 2 atom stereocenters. The minimum absolute atomic E-state index is 0.145. The Bertz CT molecular complexity index is 669. The maximum atomic E-state index is 5.93. The zero-order chi connectivity index (χ0) is 17.1. The van der Waals surface area contributed by atoms with Crippen LogP contribution in [0.3, 0.4) is 0 Å². The van der Waals surface area contributed by atoms with E-state index < -0.39 is 0 Å². The van der Waals surface area contributed by atoms with Gasteiger partial charge in [-0.25, -0.2) is 4.98 Å². The highest BCUT2D eigenvalue weighted by Gasteiger charge is 2.25. The van der Waals surface area contributed by atoms with Crippen molar-refractivity contribution in [3.8, 4) is 11.6 Å². The summed E-state index contributed by atoms with van der Waals surface area (Å²) < 4.78 is 14.9. The Balaban J connectivity index is 1.93. The van der Waals surface area contributed by atoms with Gasteiger partial charge in [0.05, 0.1) is 25.4 Å². The Morgan fingerprint density at radius 3 is 2.83 bits per heavy atom. The number of nitrogens with zero attached hydrogens (tertiary/aromatic N) is 7. The van der Waals surface area contributed by atoms with Gasteiger partial charge in [-0.15, -0.1) is 15.3 Å². The van der Waals surface area contributed by atoms with Gasteiger partial charge in [0.2, 0.25) is 17.6 Å². The molecule has 3 heterocycles. The third kappa shape index (κ3) is 3.57. The van der Waals surface area contributed by atoms with E-state index in [2.05, 4.69) is 39.0 Å². The van der Waals surface area contributed by atoms with Crippen LogP contribution in [0.4, 0.5) is 5.95 Å². The Morgan fingerprint density at radius 2 is 2.12 bits per heavy atom. The molecule has 1 fully saturated rings. The van der Waals surface area contributed by atoms with E-state index >= 15 is 0 Å². The Kier molecular flexibility index (Phi) is 5.10. The van der Waals surface area contributed by atoms with Crippen LogP contribution in [0.1, 0.15) is 20.3 Å². The highest BCUT2D eigenvalue weighted by Crippen LogP contribution is 2.23. The number of ether oxygens (including phenoxy) is 2. The molecule has 1 saturated heterocycles. The van der Waals surface area contributed by atoms with Crippen molar-refractivity contribution < 1.29 is 9.47 Å². The molecule has 9 nitrogen and oxygen atoms in total. The lowest BCUT2D eigenvalue weighted by Gasteiger charge is -2.23. The summed E-state index contributed by atoms with van der Waals surface area (Å²) >= 11 is 0. The van der Waals surface area contributed by atoms with E-state index in [-0.39, 0.29) is 12.2 Å². The molecule has 3 rings (SSSR count). The van der Waals surface area contributed by atoms with Gasteiger partial charge in [0.1, 0.15) is 6.33 Å². The summed E-state index contributed by atoms with van der Waals surface area (Å²) in [6.45, 7) is 7.08. The van der Waals surface area contributed by atoms with Crippen molar-refractivity contribution in [2.45, 2.75) is 39.0 Å². The molecular formula is C15H25N7O2. The minimum Gasteiger partial charge on any atom is -0.383 e. The monoisotopic (exact) mass is 335 g/mol. The van der Waals surface area contributed by atoms with Gasteiger partial charge < -0.3 is 14.4 Å². The minimum atomic E-state index is 0.145. The Labute approximate surface area is 141 Å². The third-order valence-corrected chi connectivity index (χ3v) is 4.08. The van der Waals surface area contributed by atoms with Crippen molar-refractivity contribution in [1.82, 2.24) is 29.5 Å². The molecule has 0 amide bonds. The maximum Gasteiger partial charge on any atom is 0.227 e. The summed E-state index contributed by atoms with van der Waals surface area (Å²) in [4.78, 5) is 6.53. The summed E-state index contributed by atoms with van der Waals surface area (Å²) in [5.41, 5.74) is 0. The van der Waals surface area contributed by atoms with Gasteiger partial charge in [0.15, 0.2) is 0 Å². The predicted molar refractivity (Wildman–Crippen MR) is 88.7 cm³/mol.